The van der Waals surface area contributed by atoms with Gasteiger partial charge in [-0.3, -0.25) is 14.4 Å². The minimum absolute atomic E-state index is 0.0103. The lowest BCUT2D eigenvalue weighted by atomic mass is 10.0. The number of benzene rings is 1. The van der Waals surface area contributed by atoms with Crippen molar-refractivity contribution in [3.8, 4) is 5.75 Å². The highest BCUT2D eigenvalue weighted by molar-refractivity contribution is 5.94. The smallest absolute Gasteiger partial charge is 0.326 e. The van der Waals surface area contributed by atoms with Crippen LogP contribution in [0, 0.1) is 5.92 Å². The van der Waals surface area contributed by atoms with Crippen molar-refractivity contribution in [3.63, 3.8) is 0 Å². The van der Waals surface area contributed by atoms with Gasteiger partial charge < -0.3 is 42.0 Å². The summed E-state index contributed by atoms with van der Waals surface area (Å²) in [6.07, 6.45) is 1.34. The number of imidazole rings is 1. The van der Waals surface area contributed by atoms with Gasteiger partial charge in [-0.2, -0.15) is 0 Å². The first kappa shape index (κ1) is 29.3. The predicted octanol–water partition coefficient (Wildman–Crippen LogP) is -1.20. The fraction of sp³-hybridized carbons (Fsp3) is 0.458. The molecular formula is C24H34N6O7. The third kappa shape index (κ3) is 8.88. The summed E-state index contributed by atoms with van der Waals surface area (Å²) < 4.78 is 0. The van der Waals surface area contributed by atoms with Crippen molar-refractivity contribution >= 4 is 23.7 Å². The molecule has 2 rings (SSSR count). The lowest BCUT2D eigenvalue weighted by molar-refractivity contribution is -0.142. The maximum Gasteiger partial charge on any atom is 0.326 e. The van der Waals surface area contributed by atoms with Crippen molar-refractivity contribution in [2.75, 3.05) is 0 Å². The molecule has 1 heterocycles. The first-order chi connectivity index (χ1) is 17.4. The number of aliphatic hydroxyl groups excluding tert-OH is 1. The van der Waals surface area contributed by atoms with E-state index in [2.05, 4.69) is 25.9 Å². The summed E-state index contributed by atoms with van der Waals surface area (Å²) in [6.45, 7) is 4.75. The van der Waals surface area contributed by atoms with E-state index in [-0.39, 0.29) is 24.5 Å². The van der Waals surface area contributed by atoms with Crippen LogP contribution in [-0.2, 0) is 32.0 Å². The average Bonchev–Trinajstić information content (AvgIpc) is 3.34. The molecule has 0 bridgehead atoms. The molecule has 202 valence electrons. The highest BCUT2D eigenvalue weighted by atomic mass is 16.4. The van der Waals surface area contributed by atoms with Gasteiger partial charge in [-0.15, -0.1) is 0 Å². The number of hydrogen-bond acceptors (Lipinski definition) is 8. The molecule has 0 fully saturated rings. The molecule has 3 amide bonds. The van der Waals surface area contributed by atoms with E-state index >= 15 is 0 Å². The molecule has 37 heavy (non-hydrogen) atoms. The molecule has 0 aliphatic carbocycles. The van der Waals surface area contributed by atoms with Gasteiger partial charge in [0.2, 0.25) is 17.7 Å². The molecule has 1 aromatic carbocycles. The average molecular weight is 519 g/mol. The Kier molecular flexibility index (Phi) is 10.6. The molecule has 0 saturated carbocycles. The fourth-order valence-corrected chi connectivity index (χ4v) is 3.38. The Morgan fingerprint density at radius 3 is 2.08 bits per heavy atom. The van der Waals surface area contributed by atoms with E-state index in [1.807, 2.05) is 0 Å². The van der Waals surface area contributed by atoms with Gasteiger partial charge in [-0.1, -0.05) is 26.0 Å². The van der Waals surface area contributed by atoms with Crippen LogP contribution >= 0.6 is 0 Å². The van der Waals surface area contributed by atoms with Crippen LogP contribution in [0.3, 0.4) is 0 Å². The number of nitrogens with one attached hydrogen (secondary N) is 4. The van der Waals surface area contributed by atoms with Crippen LogP contribution in [0.2, 0.25) is 0 Å². The summed E-state index contributed by atoms with van der Waals surface area (Å²) in [7, 11) is 0. The summed E-state index contributed by atoms with van der Waals surface area (Å²) in [5.41, 5.74) is 6.86. The topological polar surface area (TPSA) is 220 Å². The Labute approximate surface area is 213 Å². The van der Waals surface area contributed by atoms with Crippen LogP contribution < -0.4 is 21.7 Å². The van der Waals surface area contributed by atoms with Crippen molar-refractivity contribution in [1.82, 2.24) is 25.9 Å². The van der Waals surface area contributed by atoms with Gasteiger partial charge in [0.15, 0.2) is 0 Å². The number of nitrogens with two attached hydrogens (primary N) is 1. The van der Waals surface area contributed by atoms with Gasteiger partial charge in [0.25, 0.3) is 0 Å². The number of aromatic amines is 1. The maximum atomic E-state index is 13.1. The van der Waals surface area contributed by atoms with E-state index in [1.165, 1.54) is 43.7 Å². The van der Waals surface area contributed by atoms with E-state index in [0.29, 0.717) is 11.3 Å². The number of rotatable bonds is 13. The van der Waals surface area contributed by atoms with Crippen molar-refractivity contribution in [2.24, 2.45) is 11.7 Å². The van der Waals surface area contributed by atoms with Gasteiger partial charge in [0.1, 0.15) is 23.9 Å². The molecule has 5 atom stereocenters. The first-order valence-electron chi connectivity index (χ1n) is 11.7. The number of nitrogens with zero attached hydrogens (tertiary/aromatic N) is 1. The quantitative estimate of drug-likeness (QED) is 0.159. The molecule has 1 aromatic heterocycles. The van der Waals surface area contributed by atoms with Gasteiger partial charge in [0.05, 0.1) is 18.5 Å². The summed E-state index contributed by atoms with van der Waals surface area (Å²) in [5.74, 6) is -3.82. The van der Waals surface area contributed by atoms with Gasteiger partial charge in [-0.25, -0.2) is 9.78 Å². The molecule has 5 unspecified atom stereocenters. The summed E-state index contributed by atoms with van der Waals surface area (Å²) in [4.78, 5) is 57.1. The monoisotopic (exact) mass is 518 g/mol. The number of aliphatic hydroxyl groups is 1. The molecule has 2 aromatic rings. The number of H-pyrrole nitrogens is 1. The Morgan fingerprint density at radius 2 is 1.57 bits per heavy atom. The number of aromatic nitrogens is 2. The van der Waals surface area contributed by atoms with Crippen molar-refractivity contribution < 1.29 is 34.5 Å². The highest BCUT2D eigenvalue weighted by Gasteiger charge is 2.33. The summed E-state index contributed by atoms with van der Waals surface area (Å²) in [5, 5.41) is 36.5. The number of aromatic hydroxyl groups is 1. The van der Waals surface area contributed by atoms with Crippen molar-refractivity contribution in [2.45, 2.75) is 63.9 Å². The van der Waals surface area contributed by atoms with Crippen LogP contribution in [0.25, 0.3) is 0 Å². The Bertz CT molecular complexity index is 1060. The van der Waals surface area contributed by atoms with Crippen LogP contribution in [0.5, 0.6) is 5.75 Å². The molecule has 0 spiro atoms. The van der Waals surface area contributed by atoms with E-state index < -0.39 is 54.0 Å². The van der Waals surface area contributed by atoms with Crippen LogP contribution in [-0.4, -0.2) is 79.2 Å². The maximum absolute atomic E-state index is 13.1. The number of amides is 3. The van der Waals surface area contributed by atoms with Crippen LogP contribution in [0.4, 0.5) is 0 Å². The fourth-order valence-electron chi connectivity index (χ4n) is 3.38. The highest BCUT2D eigenvalue weighted by Crippen LogP contribution is 2.12. The third-order valence-corrected chi connectivity index (χ3v) is 5.69. The molecule has 0 aliphatic heterocycles. The number of carbonyl (C=O) groups is 4. The third-order valence-electron chi connectivity index (χ3n) is 5.69. The molecule has 9 N–H and O–H groups in total. The molecule has 0 aliphatic rings. The minimum Gasteiger partial charge on any atom is -0.508 e. The van der Waals surface area contributed by atoms with E-state index in [1.54, 1.807) is 13.8 Å². The van der Waals surface area contributed by atoms with Gasteiger partial charge in [0, 0.05) is 24.7 Å². The van der Waals surface area contributed by atoms with E-state index in [0.717, 1.165) is 0 Å². The lowest BCUT2D eigenvalue weighted by Gasteiger charge is -2.27. The zero-order valence-corrected chi connectivity index (χ0v) is 20.8. The zero-order chi connectivity index (χ0) is 27.7. The van der Waals surface area contributed by atoms with Crippen molar-refractivity contribution in [3.05, 3.63) is 48.0 Å². The number of carboxylic acids is 1. The Hall–Kier alpha value is -3.97. The second-order valence-electron chi connectivity index (χ2n) is 9.11. The minimum atomic E-state index is -1.42. The van der Waals surface area contributed by atoms with Crippen LogP contribution in [0.15, 0.2) is 36.8 Å². The van der Waals surface area contributed by atoms with E-state index in [9.17, 15) is 34.5 Å². The van der Waals surface area contributed by atoms with Crippen molar-refractivity contribution in [1.29, 1.82) is 0 Å². The summed E-state index contributed by atoms with van der Waals surface area (Å²) in [6, 6.07) is 0.898. The Balaban J connectivity index is 2.20. The number of phenolic OH excluding ortho intramolecular Hbond substituents is 1. The normalized spacial score (nSPS) is 15.2. The number of phenols is 1. The molecule has 0 saturated heterocycles. The largest absolute Gasteiger partial charge is 0.508 e. The number of aliphatic carboxylic acids is 1. The predicted molar refractivity (Wildman–Crippen MR) is 132 cm³/mol. The molecular weight excluding hydrogens is 484 g/mol. The van der Waals surface area contributed by atoms with Crippen LogP contribution in [0.1, 0.15) is 32.0 Å². The Morgan fingerprint density at radius 1 is 0.946 bits per heavy atom. The number of carbonyl (C=O) groups excluding carboxylic acids is 3. The van der Waals surface area contributed by atoms with E-state index in [4.69, 9.17) is 5.73 Å². The standard InChI is InChI=1S/C24H34N6O7/c1-12(2)19(25)22(34)30-20(13(3)31)23(35)28-17(9-15-10-26-11-27-15)21(33)29-18(24(36)37)8-14-4-6-16(32)7-5-14/h4-7,10-13,17-20,31-32H,8-9,25H2,1-3H3,(H,26,27)(H,28,35)(H,29,33)(H,30,34)(H,36,37). The van der Waals surface area contributed by atoms with Gasteiger partial charge >= 0.3 is 5.97 Å². The summed E-state index contributed by atoms with van der Waals surface area (Å²) >= 11 is 0. The second kappa shape index (κ2) is 13.4. The molecule has 0 radical (unpaired) electrons. The number of carboxylic acid groups (broad SMARTS) is 1. The number of hydrogen-bond donors (Lipinski definition) is 8. The van der Waals surface area contributed by atoms with Gasteiger partial charge in [-0.05, 0) is 30.5 Å². The zero-order valence-electron chi connectivity index (χ0n) is 20.8. The second-order valence-corrected chi connectivity index (χ2v) is 9.11. The first-order valence-corrected chi connectivity index (χ1v) is 11.7. The SMILES string of the molecule is CC(C)C(N)C(=O)NC(C(=O)NC(Cc1cnc[nH]1)C(=O)NC(Cc1ccc(O)cc1)C(=O)O)C(C)O. The molecule has 13 nitrogen and oxygen atoms in total. The molecule has 13 heteroatoms. The lowest BCUT2D eigenvalue weighted by Crippen LogP contribution is -2.60.